The number of para-hydroxylation sites is 1. The number of aromatic amines is 1. The van der Waals surface area contributed by atoms with Crippen molar-refractivity contribution in [1.82, 2.24) is 20.9 Å². The molecule has 0 spiro atoms. The van der Waals surface area contributed by atoms with Crippen LogP contribution in [0.2, 0.25) is 0 Å². The summed E-state index contributed by atoms with van der Waals surface area (Å²) in [5.41, 5.74) is 1.40. The number of benzene rings is 2. The van der Waals surface area contributed by atoms with E-state index in [0.717, 1.165) is 10.9 Å². The SMILES string of the molecule is CC(NC(=O)OC(C)(C)C)C(=O)NC(Cc1ccc(O)cc1)C(=O)NC(Cc1c[nH]c2ccccc12)C(=O)O. The molecular formula is C28H34N4O7. The number of rotatable bonds is 10. The number of alkyl carbamates (subject to hydrolysis) is 1. The highest BCUT2D eigenvalue weighted by Gasteiger charge is 2.29. The van der Waals surface area contributed by atoms with Gasteiger partial charge in [-0.25, -0.2) is 9.59 Å². The minimum atomic E-state index is -1.27. The van der Waals surface area contributed by atoms with Gasteiger partial charge in [-0.05, 0) is 57.0 Å². The van der Waals surface area contributed by atoms with Crippen molar-refractivity contribution in [2.45, 2.75) is 64.3 Å². The van der Waals surface area contributed by atoms with E-state index in [9.17, 15) is 29.4 Å². The van der Waals surface area contributed by atoms with Crippen LogP contribution in [0.4, 0.5) is 4.79 Å². The minimum Gasteiger partial charge on any atom is -0.508 e. The van der Waals surface area contributed by atoms with Gasteiger partial charge in [0.15, 0.2) is 0 Å². The van der Waals surface area contributed by atoms with Crippen molar-refractivity contribution in [3.63, 3.8) is 0 Å². The van der Waals surface area contributed by atoms with Crippen LogP contribution < -0.4 is 16.0 Å². The van der Waals surface area contributed by atoms with E-state index in [2.05, 4.69) is 20.9 Å². The number of amides is 3. The summed E-state index contributed by atoms with van der Waals surface area (Å²) < 4.78 is 5.18. The maximum absolute atomic E-state index is 13.3. The van der Waals surface area contributed by atoms with Crippen LogP contribution in [0.15, 0.2) is 54.7 Å². The Morgan fingerprint density at radius 2 is 1.54 bits per heavy atom. The second-order valence-electron chi connectivity index (χ2n) is 10.3. The number of hydrogen-bond donors (Lipinski definition) is 6. The highest BCUT2D eigenvalue weighted by molar-refractivity contribution is 5.93. The van der Waals surface area contributed by atoms with Crippen LogP contribution in [0, 0.1) is 0 Å². The largest absolute Gasteiger partial charge is 0.508 e. The van der Waals surface area contributed by atoms with Gasteiger partial charge in [0.25, 0.3) is 0 Å². The van der Waals surface area contributed by atoms with Gasteiger partial charge in [0, 0.05) is 29.9 Å². The van der Waals surface area contributed by atoms with Crippen LogP contribution in [-0.2, 0) is 32.0 Å². The van der Waals surface area contributed by atoms with E-state index in [1.54, 1.807) is 39.1 Å². The molecule has 2 aromatic carbocycles. The Balaban J connectivity index is 1.76. The van der Waals surface area contributed by atoms with Gasteiger partial charge in [-0.1, -0.05) is 30.3 Å². The molecule has 1 heterocycles. The number of hydrogen-bond acceptors (Lipinski definition) is 6. The second-order valence-corrected chi connectivity index (χ2v) is 10.3. The van der Waals surface area contributed by atoms with E-state index < -0.39 is 47.6 Å². The number of aromatic hydroxyl groups is 1. The van der Waals surface area contributed by atoms with Crippen molar-refractivity contribution in [2.24, 2.45) is 0 Å². The van der Waals surface area contributed by atoms with Crippen molar-refractivity contribution in [3.8, 4) is 5.75 Å². The van der Waals surface area contributed by atoms with Gasteiger partial charge in [0.05, 0.1) is 0 Å². The Kier molecular flexibility index (Phi) is 9.18. The summed E-state index contributed by atoms with van der Waals surface area (Å²) >= 11 is 0. The summed E-state index contributed by atoms with van der Waals surface area (Å²) in [6.45, 7) is 6.49. The molecule has 1 aromatic heterocycles. The molecule has 0 radical (unpaired) electrons. The average molecular weight is 539 g/mol. The first-order chi connectivity index (χ1) is 18.3. The third kappa shape index (κ3) is 8.49. The fourth-order valence-corrected chi connectivity index (χ4v) is 3.92. The van der Waals surface area contributed by atoms with Crippen LogP contribution in [0.25, 0.3) is 10.9 Å². The number of carbonyl (C=O) groups excluding carboxylic acids is 3. The number of phenols is 1. The summed E-state index contributed by atoms with van der Waals surface area (Å²) in [7, 11) is 0. The van der Waals surface area contributed by atoms with Gasteiger partial charge in [-0.2, -0.15) is 0 Å². The predicted octanol–water partition coefficient (Wildman–Crippen LogP) is 2.63. The number of ether oxygens (including phenoxy) is 1. The maximum atomic E-state index is 13.3. The minimum absolute atomic E-state index is 0.0104. The first-order valence-corrected chi connectivity index (χ1v) is 12.5. The molecule has 39 heavy (non-hydrogen) atoms. The molecule has 0 aliphatic heterocycles. The zero-order chi connectivity index (χ0) is 28.7. The molecule has 3 rings (SSSR count). The molecule has 0 bridgehead atoms. The zero-order valence-corrected chi connectivity index (χ0v) is 22.3. The molecule has 0 saturated heterocycles. The molecule has 0 aliphatic rings. The number of carbonyl (C=O) groups is 4. The Morgan fingerprint density at radius 1 is 0.897 bits per heavy atom. The summed E-state index contributed by atoms with van der Waals surface area (Å²) in [5.74, 6) is -2.58. The van der Waals surface area contributed by atoms with Gasteiger partial charge in [-0.15, -0.1) is 0 Å². The lowest BCUT2D eigenvalue weighted by Crippen LogP contribution is -2.56. The fraction of sp³-hybridized carbons (Fsp3) is 0.357. The monoisotopic (exact) mass is 538 g/mol. The highest BCUT2D eigenvalue weighted by Crippen LogP contribution is 2.19. The molecule has 208 valence electrons. The van der Waals surface area contributed by atoms with Gasteiger partial charge >= 0.3 is 12.1 Å². The molecule has 0 aliphatic carbocycles. The summed E-state index contributed by atoms with van der Waals surface area (Å²) in [5, 5.41) is 27.8. The topological polar surface area (TPSA) is 170 Å². The van der Waals surface area contributed by atoms with E-state index in [1.165, 1.54) is 19.1 Å². The smallest absolute Gasteiger partial charge is 0.408 e. The first-order valence-electron chi connectivity index (χ1n) is 12.5. The number of aliphatic carboxylic acids is 1. The summed E-state index contributed by atoms with van der Waals surface area (Å²) in [6, 6.07) is 9.98. The van der Waals surface area contributed by atoms with E-state index in [4.69, 9.17) is 4.74 Å². The third-order valence-corrected chi connectivity index (χ3v) is 5.85. The lowest BCUT2D eigenvalue weighted by molar-refractivity contribution is -0.142. The van der Waals surface area contributed by atoms with Crippen LogP contribution in [-0.4, -0.2) is 62.8 Å². The van der Waals surface area contributed by atoms with E-state index in [1.807, 2.05) is 24.3 Å². The van der Waals surface area contributed by atoms with Gasteiger partial charge in [-0.3, -0.25) is 9.59 Å². The van der Waals surface area contributed by atoms with Crippen LogP contribution >= 0.6 is 0 Å². The van der Waals surface area contributed by atoms with Crippen molar-refractivity contribution in [1.29, 1.82) is 0 Å². The number of H-pyrrole nitrogens is 1. The molecular weight excluding hydrogens is 504 g/mol. The normalized spacial score (nSPS) is 13.6. The Morgan fingerprint density at radius 3 is 2.18 bits per heavy atom. The number of nitrogens with one attached hydrogen (secondary N) is 4. The zero-order valence-electron chi connectivity index (χ0n) is 22.3. The number of carboxylic acid groups (broad SMARTS) is 1. The van der Waals surface area contributed by atoms with Gasteiger partial charge in [0.2, 0.25) is 11.8 Å². The van der Waals surface area contributed by atoms with Crippen molar-refractivity contribution < 1.29 is 34.1 Å². The molecule has 11 heteroatoms. The number of aromatic nitrogens is 1. The van der Waals surface area contributed by atoms with Crippen LogP contribution in [0.3, 0.4) is 0 Å². The predicted molar refractivity (Wildman–Crippen MR) is 144 cm³/mol. The fourth-order valence-electron chi connectivity index (χ4n) is 3.92. The average Bonchev–Trinajstić information content (AvgIpc) is 3.25. The number of fused-ring (bicyclic) bond motifs is 1. The van der Waals surface area contributed by atoms with Gasteiger partial charge < -0.3 is 35.9 Å². The molecule has 3 amide bonds. The van der Waals surface area contributed by atoms with Crippen molar-refractivity contribution >= 4 is 34.8 Å². The molecule has 3 atom stereocenters. The van der Waals surface area contributed by atoms with Crippen LogP contribution in [0.5, 0.6) is 5.75 Å². The van der Waals surface area contributed by atoms with E-state index in [-0.39, 0.29) is 18.6 Å². The first kappa shape index (κ1) is 29.0. The highest BCUT2D eigenvalue weighted by atomic mass is 16.6. The third-order valence-electron chi connectivity index (χ3n) is 5.85. The second kappa shape index (κ2) is 12.3. The molecule has 3 unspecified atom stereocenters. The Hall–Kier alpha value is -4.54. The number of carboxylic acids is 1. The van der Waals surface area contributed by atoms with Crippen LogP contribution in [0.1, 0.15) is 38.8 Å². The molecule has 11 nitrogen and oxygen atoms in total. The van der Waals surface area contributed by atoms with E-state index in [0.29, 0.717) is 11.1 Å². The summed E-state index contributed by atoms with van der Waals surface area (Å²) in [6.07, 6.45) is 0.930. The quantitative estimate of drug-likeness (QED) is 0.230. The Bertz CT molecular complexity index is 1330. The van der Waals surface area contributed by atoms with Crippen molar-refractivity contribution in [3.05, 3.63) is 65.9 Å². The molecule has 0 saturated carbocycles. The Labute approximate surface area is 225 Å². The molecule has 0 fully saturated rings. The number of phenolic OH excluding ortho intramolecular Hbond substituents is 1. The van der Waals surface area contributed by atoms with E-state index >= 15 is 0 Å². The summed E-state index contributed by atoms with van der Waals surface area (Å²) in [4.78, 5) is 53.5. The lowest BCUT2D eigenvalue weighted by Gasteiger charge is -2.24. The standard InChI is InChI=1S/C28H34N4O7/c1-16(30-27(38)39-28(2,3)4)24(34)31-22(13-17-9-11-19(33)12-10-17)25(35)32-23(26(36)37)14-18-15-29-21-8-6-5-7-20(18)21/h5-12,15-16,22-23,29,33H,13-14H2,1-4H3,(H,30,38)(H,31,34)(H,32,35)(H,36,37). The maximum Gasteiger partial charge on any atom is 0.408 e. The van der Waals surface area contributed by atoms with Crippen molar-refractivity contribution in [2.75, 3.05) is 0 Å². The van der Waals surface area contributed by atoms with Gasteiger partial charge in [0.1, 0.15) is 29.5 Å². The molecule has 3 aromatic rings. The lowest BCUT2D eigenvalue weighted by atomic mass is 10.0. The molecule has 6 N–H and O–H groups in total.